The highest BCUT2D eigenvalue weighted by Crippen LogP contribution is 2.25. The Kier molecular flexibility index (Phi) is 4.69. The lowest BCUT2D eigenvalue weighted by Crippen LogP contribution is -2.31. The molecule has 4 aromatic rings. The lowest BCUT2D eigenvalue weighted by molar-refractivity contribution is 0.0942. The number of aromatic nitrogens is 3. The molecule has 0 radical (unpaired) electrons. The van der Waals surface area contributed by atoms with E-state index in [1.165, 1.54) is 12.1 Å². The fourth-order valence-corrected chi connectivity index (χ4v) is 3.54. The molecule has 0 saturated heterocycles. The van der Waals surface area contributed by atoms with Crippen LogP contribution in [0.4, 0.5) is 4.39 Å². The standard InChI is InChI=1S/C22H21FN4O/c1-3-27-14-18(17-9-4-5-10-19(17)27)22(28)25-20(21-24-11-12-26(21)2)15-7-6-8-16(23)13-15/h4-14,20H,3H2,1-2H3,(H,25,28)/t20-/m0/s1. The fraction of sp³-hybridized carbons (Fsp3) is 0.182. The van der Waals surface area contributed by atoms with Crippen LogP contribution in [-0.4, -0.2) is 20.0 Å². The monoisotopic (exact) mass is 376 g/mol. The molecule has 28 heavy (non-hydrogen) atoms. The average Bonchev–Trinajstić information content (AvgIpc) is 3.29. The van der Waals surface area contributed by atoms with Gasteiger partial charge in [-0.3, -0.25) is 4.79 Å². The molecule has 142 valence electrons. The summed E-state index contributed by atoms with van der Waals surface area (Å²) in [5, 5.41) is 3.94. The Bertz CT molecular complexity index is 1140. The van der Waals surface area contributed by atoms with Crippen LogP contribution in [0.3, 0.4) is 0 Å². The van der Waals surface area contributed by atoms with Gasteiger partial charge in [-0.1, -0.05) is 30.3 Å². The number of fused-ring (bicyclic) bond motifs is 1. The Hall–Kier alpha value is -3.41. The number of nitrogens with zero attached hydrogens (tertiary/aromatic N) is 3. The van der Waals surface area contributed by atoms with Crippen LogP contribution in [-0.2, 0) is 13.6 Å². The molecule has 0 fully saturated rings. The van der Waals surface area contributed by atoms with E-state index in [0.29, 0.717) is 17.0 Å². The van der Waals surface area contributed by atoms with Gasteiger partial charge in [0, 0.05) is 43.1 Å². The first-order chi connectivity index (χ1) is 13.6. The maximum absolute atomic E-state index is 13.8. The smallest absolute Gasteiger partial charge is 0.254 e. The van der Waals surface area contributed by atoms with Gasteiger partial charge in [0.25, 0.3) is 5.91 Å². The predicted molar refractivity (Wildman–Crippen MR) is 107 cm³/mol. The minimum absolute atomic E-state index is 0.222. The first kappa shape index (κ1) is 18.0. The van der Waals surface area contributed by atoms with Gasteiger partial charge in [-0.05, 0) is 30.7 Å². The molecule has 0 aliphatic carbocycles. The Morgan fingerprint density at radius 1 is 1.21 bits per heavy atom. The van der Waals surface area contributed by atoms with Crippen LogP contribution < -0.4 is 5.32 Å². The molecule has 2 aromatic carbocycles. The number of halogens is 1. The maximum Gasteiger partial charge on any atom is 0.254 e. The molecule has 0 spiro atoms. The number of para-hydroxylation sites is 1. The minimum Gasteiger partial charge on any atom is -0.347 e. The lowest BCUT2D eigenvalue weighted by atomic mass is 10.0. The molecule has 1 atom stereocenters. The summed E-state index contributed by atoms with van der Waals surface area (Å²) in [5.41, 5.74) is 2.24. The molecule has 5 nitrogen and oxygen atoms in total. The van der Waals surface area contributed by atoms with Gasteiger partial charge in [0.05, 0.1) is 5.56 Å². The summed E-state index contributed by atoms with van der Waals surface area (Å²) < 4.78 is 17.7. The molecular formula is C22H21FN4O. The summed E-state index contributed by atoms with van der Waals surface area (Å²) in [6.45, 7) is 2.80. The summed E-state index contributed by atoms with van der Waals surface area (Å²) in [4.78, 5) is 17.6. The first-order valence-electron chi connectivity index (χ1n) is 9.20. The molecule has 0 saturated carbocycles. The SMILES string of the molecule is CCn1cc(C(=O)N[C@@H](c2cccc(F)c2)c2nccn2C)c2ccccc21. The van der Waals surface area contributed by atoms with Gasteiger partial charge in [0.1, 0.15) is 17.7 Å². The van der Waals surface area contributed by atoms with Crippen LogP contribution in [0.15, 0.2) is 67.1 Å². The maximum atomic E-state index is 13.8. The number of amides is 1. The van der Waals surface area contributed by atoms with Crippen LogP contribution in [0.25, 0.3) is 10.9 Å². The van der Waals surface area contributed by atoms with Crippen molar-refractivity contribution in [1.29, 1.82) is 0 Å². The largest absolute Gasteiger partial charge is 0.347 e. The van der Waals surface area contributed by atoms with Gasteiger partial charge >= 0.3 is 0 Å². The molecular weight excluding hydrogens is 355 g/mol. The number of imidazole rings is 1. The van der Waals surface area contributed by atoms with Gasteiger partial charge in [0.15, 0.2) is 0 Å². The number of nitrogens with one attached hydrogen (secondary N) is 1. The topological polar surface area (TPSA) is 51.9 Å². The number of rotatable bonds is 5. The van der Waals surface area contributed by atoms with Crippen LogP contribution in [0.2, 0.25) is 0 Å². The van der Waals surface area contributed by atoms with Crippen LogP contribution >= 0.6 is 0 Å². The van der Waals surface area contributed by atoms with E-state index in [1.807, 2.05) is 53.6 Å². The zero-order valence-corrected chi connectivity index (χ0v) is 15.8. The van der Waals surface area contributed by atoms with E-state index in [9.17, 15) is 9.18 Å². The summed E-state index contributed by atoms with van der Waals surface area (Å²) in [5.74, 6) is 0.0624. The second-order valence-corrected chi connectivity index (χ2v) is 6.70. The third-order valence-corrected chi connectivity index (χ3v) is 4.95. The second kappa shape index (κ2) is 7.31. The average molecular weight is 376 g/mol. The normalized spacial score (nSPS) is 12.2. The highest BCUT2D eigenvalue weighted by atomic mass is 19.1. The first-order valence-corrected chi connectivity index (χ1v) is 9.20. The molecule has 0 bridgehead atoms. The highest BCUT2D eigenvalue weighted by Gasteiger charge is 2.23. The predicted octanol–water partition coefficient (Wildman–Crippen LogP) is 4.05. The Morgan fingerprint density at radius 3 is 2.75 bits per heavy atom. The molecule has 2 aromatic heterocycles. The van der Waals surface area contributed by atoms with Crippen LogP contribution in [0.1, 0.15) is 34.7 Å². The zero-order valence-electron chi connectivity index (χ0n) is 15.8. The van der Waals surface area contributed by atoms with Crippen molar-refractivity contribution in [3.63, 3.8) is 0 Å². The number of carbonyl (C=O) groups is 1. The Morgan fingerprint density at radius 2 is 2.04 bits per heavy atom. The second-order valence-electron chi connectivity index (χ2n) is 6.70. The third kappa shape index (κ3) is 3.17. The van der Waals surface area contributed by atoms with Crippen molar-refractivity contribution in [3.8, 4) is 0 Å². The van der Waals surface area contributed by atoms with E-state index in [2.05, 4.69) is 10.3 Å². The Balaban J connectivity index is 1.76. The lowest BCUT2D eigenvalue weighted by Gasteiger charge is -2.19. The van der Waals surface area contributed by atoms with Crippen molar-refractivity contribution in [2.24, 2.45) is 7.05 Å². The number of benzene rings is 2. The summed E-state index contributed by atoms with van der Waals surface area (Å²) >= 11 is 0. The highest BCUT2D eigenvalue weighted by molar-refractivity contribution is 6.07. The summed E-state index contributed by atoms with van der Waals surface area (Å²) in [6, 6.07) is 13.5. The van der Waals surface area contributed by atoms with Crippen molar-refractivity contribution in [2.45, 2.75) is 19.5 Å². The molecule has 0 unspecified atom stereocenters. The van der Waals surface area contributed by atoms with Gasteiger partial charge in [-0.25, -0.2) is 9.37 Å². The van der Waals surface area contributed by atoms with E-state index in [4.69, 9.17) is 0 Å². The number of hydrogen-bond acceptors (Lipinski definition) is 2. The summed E-state index contributed by atoms with van der Waals surface area (Å²) in [6.07, 6.45) is 5.33. The van der Waals surface area contributed by atoms with E-state index in [1.54, 1.807) is 24.5 Å². The quantitative estimate of drug-likeness (QED) is 0.571. The van der Waals surface area contributed by atoms with Crippen molar-refractivity contribution in [2.75, 3.05) is 0 Å². The van der Waals surface area contributed by atoms with Crippen LogP contribution in [0.5, 0.6) is 0 Å². The van der Waals surface area contributed by atoms with Gasteiger partial charge in [-0.2, -0.15) is 0 Å². The molecule has 1 amide bonds. The number of hydrogen-bond donors (Lipinski definition) is 1. The number of aryl methyl sites for hydroxylation is 2. The van der Waals surface area contributed by atoms with Crippen molar-refractivity contribution in [1.82, 2.24) is 19.4 Å². The molecule has 2 heterocycles. The minimum atomic E-state index is -0.563. The van der Waals surface area contributed by atoms with Gasteiger partial charge < -0.3 is 14.5 Å². The summed E-state index contributed by atoms with van der Waals surface area (Å²) in [7, 11) is 1.85. The third-order valence-electron chi connectivity index (χ3n) is 4.95. The molecule has 4 rings (SSSR count). The van der Waals surface area contributed by atoms with Gasteiger partial charge in [0.2, 0.25) is 0 Å². The van der Waals surface area contributed by atoms with E-state index in [-0.39, 0.29) is 11.7 Å². The molecule has 6 heteroatoms. The van der Waals surface area contributed by atoms with Crippen molar-refractivity contribution >= 4 is 16.8 Å². The molecule has 1 N–H and O–H groups in total. The fourth-order valence-electron chi connectivity index (χ4n) is 3.54. The van der Waals surface area contributed by atoms with E-state index in [0.717, 1.165) is 17.4 Å². The van der Waals surface area contributed by atoms with E-state index >= 15 is 0 Å². The number of carbonyl (C=O) groups excluding carboxylic acids is 1. The van der Waals surface area contributed by atoms with Gasteiger partial charge in [-0.15, -0.1) is 0 Å². The van der Waals surface area contributed by atoms with E-state index < -0.39 is 6.04 Å². The van der Waals surface area contributed by atoms with Crippen molar-refractivity contribution in [3.05, 3.63) is 89.9 Å². The van der Waals surface area contributed by atoms with Crippen LogP contribution in [0, 0.1) is 5.82 Å². The Labute approximate surface area is 162 Å². The van der Waals surface area contributed by atoms with Crippen molar-refractivity contribution < 1.29 is 9.18 Å². The zero-order chi connectivity index (χ0) is 19.7. The molecule has 0 aliphatic heterocycles. The molecule has 0 aliphatic rings.